The average Bonchev–Trinajstić information content (AvgIpc) is 3.58. The monoisotopic (exact) mass is 793 g/mol. The topological polar surface area (TPSA) is 115 Å². The molecule has 4 aromatic carbocycles. The highest BCUT2D eigenvalue weighted by Gasteiger charge is 2.47. The molecule has 6 aliphatic heterocycles. The summed E-state index contributed by atoms with van der Waals surface area (Å²) < 4.78 is 12.6. The molecule has 1 spiro atoms. The van der Waals surface area contributed by atoms with Crippen LogP contribution in [0.3, 0.4) is 0 Å². The molecule has 3 amide bonds. The number of hydrogen-bond donors (Lipinski definition) is 2. The molecular weight excluding hydrogens is 743 g/mol. The van der Waals surface area contributed by atoms with Gasteiger partial charge < -0.3 is 29.3 Å². The van der Waals surface area contributed by atoms with Gasteiger partial charge in [-0.15, -0.1) is 0 Å². The molecule has 6 heterocycles. The molecule has 4 atom stereocenters. The van der Waals surface area contributed by atoms with Gasteiger partial charge in [-0.2, -0.15) is 0 Å². The lowest BCUT2D eigenvalue weighted by molar-refractivity contribution is -0.136. The van der Waals surface area contributed by atoms with Crippen molar-refractivity contribution in [1.82, 2.24) is 15.1 Å². The van der Waals surface area contributed by atoms with Crippen molar-refractivity contribution in [2.75, 3.05) is 62.3 Å². The molecule has 3 saturated heterocycles. The number of piperazine rings is 1. The lowest BCUT2D eigenvalue weighted by atomic mass is 9.57. The van der Waals surface area contributed by atoms with Gasteiger partial charge in [0.25, 0.3) is 5.91 Å². The second kappa shape index (κ2) is 14.3. The van der Waals surface area contributed by atoms with Crippen molar-refractivity contribution < 1.29 is 29.0 Å². The summed E-state index contributed by atoms with van der Waals surface area (Å²) in [6.45, 7) is 7.72. The van der Waals surface area contributed by atoms with Crippen molar-refractivity contribution in [3.8, 4) is 17.2 Å². The summed E-state index contributed by atoms with van der Waals surface area (Å²) >= 11 is 0. The Bertz CT molecular complexity index is 2300. The number of rotatable bonds is 6. The third-order valence-electron chi connectivity index (χ3n) is 14.7. The highest BCUT2D eigenvalue weighted by Crippen LogP contribution is 2.54. The second-order valence-corrected chi connectivity index (χ2v) is 18.1. The first kappa shape index (κ1) is 36.5. The van der Waals surface area contributed by atoms with Crippen LogP contribution in [0.2, 0.25) is 0 Å². The predicted molar refractivity (Wildman–Crippen MR) is 223 cm³/mol. The number of carbonyl (C=O) groups excluding carboxylic acids is 3. The number of carbonyl (C=O) groups is 3. The number of anilines is 2. The molecule has 59 heavy (non-hydrogen) atoms. The van der Waals surface area contributed by atoms with Crippen LogP contribution in [0.25, 0.3) is 0 Å². The van der Waals surface area contributed by atoms with Crippen molar-refractivity contribution in [3.63, 3.8) is 0 Å². The molecule has 2 N–H and O–H groups in total. The van der Waals surface area contributed by atoms with Crippen LogP contribution in [-0.4, -0.2) is 97.2 Å². The summed E-state index contributed by atoms with van der Waals surface area (Å²) in [5, 5.41) is 12.6. The van der Waals surface area contributed by atoms with Gasteiger partial charge in [0.15, 0.2) is 0 Å². The molecule has 0 bridgehead atoms. The van der Waals surface area contributed by atoms with Crippen molar-refractivity contribution in [2.45, 2.75) is 69.0 Å². The Hall–Kier alpha value is -5.55. The summed E-state index contributed by atoms with van der Waals surface area (Å²) in [5.41, 5.74) is 7.94. The van der Waals surface area contributed by atoms with Crippen LogP contribution < -0.4 is 24.6 Å². The molecule has 11 nitrogen and oxygen atoms in total. The number of nitrogens with one attached hydrogen (secondary N) is 1. The van der Waals surface area contributed by atoms with Crippen LogP contribution in [0, 0.1) is 11.3 Å². The molecule has 11 rings (SSSR count). The summed E-state index contributed by atoms with van der Waals surface area (Å²) in [6, 6.07) is 29.0. The van der Waals surface area contributed by atoms with Crippen molar-refractivity contribution >= 4 is 29.1 Å². The zero-order valence-corrected chi connectivity index (χ0v) is 33.4. The third-order valence-corrected chi connectivity index (χ3v) is 14.7. The maximum absolute atomic E-state index is 13.4. The minimum absolute atomic E-state index is 0.143. The maximum Gasteiger partial charge on any atom is 0.255 e. The number of nitrogens with zero attached hydrogens (tertiary/aromatic N) is 4. The van der Waals surface area contributed by atoms with E-state index in [9.17, 15) is 19.5 Å². The molecule has 11 heteroatoms. The van der Waals surface area contributed by atoms with Gasteiger partial charge in [-0.25, -0.2) is 0 Å². The SMILES string of the molecule is O=C1CC[C@H](N2Cc3c(ccc4c3OC[C@H]3CN(CC5CC6(CCN(c7ccc([C@H]8c9ccc(O)cc9OC[C@H]8c8ccccc8)cc7)CC6)C5)CCN43)C2=O)C(=O)N1. The highest BCUT2D eigenvalue weighted by molar-refractivity contribution is 6.06. The summed E-state index contributed by atoms with van der Waals surface area (Å²) in [7, 11) is 0. The zero-order chi connectivity index (χ0) is 39.8. The van der Waals surface area contributed by atoms with E-state index in [0.717, 1.165) is 73.5 Å². The van der Waals surface area contributed by atoms with E-state index < -0.39 is 11.9 Å². The molecule has 4 fully saturated rings. The Morgan fingerprint density at radius 2 is 1.63 bits per heavy atom. The van der Waals surface area contributed by atoms with Crippen molar-refractivity contribution in [3.05, 3.63) is 113 Å². The van der Waals surface area contributed by atoms with Gasteiger partial charge >= 0.3 is 0 Å². The number of fused-ring (bicyclic) bond motifs is 6. The van der Waals surface area contributed by atoms with Crippen LogP contribution in [-0.2, 0) is 16.1 Å². The molecule has 1 saturated carbocycles. The van der Waals surface area contributed by atoms with E-state index in [4.69, 9.17) is 9.47 Å². The summed E-state index contributed by atoms with van der Waals surface area (Å²) in [6.07, 6.45) is 5.71. The quantitative estimate of drug-likeness (QED) is 0.226. The Balaban J connectivity index is 0.688. The van der Waals surface area contributed by atoms with Crippen LogP contribution >= 0.6 is 0 Å². The van der Waals surface area contributed by atoms with Crippen LogP contribution in [0.5, 0.6) is 17.2 Å². The average molecular weight is 794 g/mol. The normalized spacial score (nSPS) is 26.2. The number of phenols is 1. The van der Waals surface area contributed by atoms with Gasteiger partial charge in [0, 0.05) is 86.0 Å². The second-order valence-electron chi connectivity index (χ2n) is 18.1. The number of phenolic OH excluding ortho intramolecular Hbond substituents is 1. The predicted octanol–water partition coefficient (Wildman–Crippen LogP) is 6.04. The van der Waals surface area contributed by atoms with Gasteiger partial charge in [-0.05, 0) is 84.9 Å². The largest absolute Gasteiger partial charge is 0.508 e. The van der Waals surface area contributed by atoms with Gasteiger partial charge in [0.2, 0.25) is 11.8 Å². The van der Waals surface area contributed by atoms with Crippen LogP contribution in [0.4, 0.5) is 11.4 Å². The maximum atomic E-state index is 13.4. The molecule has 1 aliphatic carbocycles. The fraction of sp³-hybridized carbons (Fsp3) is 0.438. The Labute approximate surface area is 344 Å². The van der Waals surface area contributed by atoms with Gasteiger partial charge in [-0.3, -0.25) is 24.6 Å². The Morgan fingerprint density at radius 1 is 0.814 bits per heavy atom. The van der Waals surface area contributed by atoms with E-state index in [0.29, 0.717) is 37.2 Å². The minimum atomic E-state index is -0.631. The first-order valence-corrected chi connectivity index (χ1v) is 21.6. The number of imide groups is 1. The molecule has 0 radical (unpaired) electrons. The number of hydrogen-bond acceptors (Lipinski definition) is 9. The first-order chi connectivity index (χ1) is 28.8. The Kier molecular flexibility index (Phi) is 8.87. The van der Waals surface area contributed by atoms with Gasteiger partial charge in [0.05, 0.1) is 24.9 Å². The number of ether oxygens (including phenoxy) is 2. The molecule has 7 aliphatic rings. The number of benzene rings is 4. The Morgan fingerprint density at radius 3 is 2.42 bits per heavy atom. The lowest BCUT2D eigenvalue weighted by Crippen LogP contribution is -2.59. The standard InChI is InChI=1S/C48H51N5O6/c54-35-10-11-37-42(22-35)58-29-39(31-4-2-1-3-5-31)44(37)32-6-8-33(9-7-32)51-18-16-48(17-19-51)23-30(24-48)25-50-20-21-52-34(26-50)28-59-45-38-27-53(41-14-15-43(55)49-46(41)56)47(57)36(38)12-13-40(45)52/h1-13,22,30,34,39,41,44,54H,14-21,23-29H2,(H,49,55,56)/t34-,39+,41+,44+/m1/s1. The van der Waals surface area contributed by atoms with Crippen molar-refractivity contribution in [2.24, 2.45) is 11.3 Å². The van der Waals surface area contributed by atoms with E-state index in [1.165, 1.54) is 42.5 Å². The fourth-order valence-electron chi connectivity index (χ4n) is 11.7. The third kappa shape index (κ3) is 6.40. The summed E-state index contributed by atoms with van der Waals surface area (Å²) in [5.74, 6) is 2.01. The number of amides is 3. The highest BCUT2D eigenvalue weighted by atomic mass is 16.5. The number of piperidine rings is 2. The minimum Gasteiger partial charge on any atom is -0.508 e. The molecular formula is C48H51N5O6. The molecule has 0 aromatic heterocycles. The smallest absolute Gasteiger partial charge is 0.255 e. The molecule has 304 valence electrons. The molecule has 4 aromatic rings. The van der Waals surface area contributed by atoms with Crippen LogP contribution in [0.15, 0.2) is 84.9 Å². The fourth-order valence-corrected chi connectivity index (χ4v) is 11.7. The zero-order valence-electron chi connectivity index (χ0n) is 33.4. The first-order valence-electron chi connectivity index (χ1n) is 21.6. The summed E-state index contributed by atoms with van der Waals surface area (Å²) in [4.78, 5) is 47.0. The lowest BCUT2D eigenvalue weighted by Gasteiger charge is -2.54. The van der Waals surface area contributed by atoms with Crippen LogP contribution in [0.1, 0.15) is 83.0 Å². The van der Waals surface area contributed by atoms with E-state index in [1.54, 1.807) is 17.0 Å². The van der Waals surface area contributed by atoms with Gasteiger partial charge in [0.1, 0.15) is 29.9 Å². The van der Waals surface area contributed by atoms with E-state index in [-0.39, 0.29) is 41.9 Å². The van der Waals surface area contributed by atoms with E-state index in [1.807, 2.05) is 18.2 Å². The number of aromatic hydroxyl groups is 1. The van der Waals surface area contributed by atoms with E-state index >= 15 is 0 Å². The van der Waals surface area contributed by atoms with E-state index in [2.05, 4.69) is 74.6 Å². The van der Waals surface area contributed by atoms with Crippen molar-refractivity contribution in [1.29, 1.82) is 0 Å². The van der Waals surface area contributed by atoms with Gasteiger partial charge in [-0.1, -0.05) is 48.5 Å². The molecule has 0 unspecified atom stereocenters.